The molecule has 1 aliphatic heterocycles. The van der Waals surface area contributed by atoms with Gasteiger partial charge in [-0.1, -0.05) is 306 Å². The average Bonchev–Trinajstić information content (AvgIpc) is 2.82. The quantitative estimate of drug-likeness (QED) is 0.0195. The van der Waals surface area contributed by atoms with Crippen molar-refractivity contribution in [3.05, 3.63) is 48.6 Å². The van der Waals surface area contributed by atoms with E-state index in [0.29, 0.717) is 19.4 Å². The summed E-state index contributed by atoms with van der Waals surface area (Å²) in [5.41, 5.74) is 0. The van der Waals surface area contributed by atoms with E-state index in [4.69, 9.17) is 14.2 Å². The molecule has 510 valence electrons. The summed E-state index contributed by atoms with van der Waals surface area (Å²) < 4.78 is 16.7. The normalized spacial score (nSPS) is 18.1. The highest BCUT2D eigenvalue weighted by atomic mass is 16.7. The maximum atomic E-state index is 13.0. The molecular formula is C76H141NO10. The Morgan fingerprint density at radius 3 is 1.20 bits per heavy atom. The van der Waals surface area contributed by atoms with E-state index in [0.717, 1.165) is 64.2 Å². The van der Waals surface area contributed by atoms with E-state index in [1.54, 1.807) is 6.08 Å². The lowest BCUT2D eigenvalue weighted by atomic mass is 9.99. The summed E-state index contributed by atoms with van der Waals surface area (Å²) in [7, 11) is 0. The number of ether oxygens (including phenoxy) is 3. The zero-order valence-corrected chi connectivity index (χ0v) is 56.7. The highest BCUT2D eigenvalue weighted by Crippen LogP contribution is 2.23. The molecule has 87 heavy (non-hydrogen) atoms. The highest BCUT2D eigenvalue weighted by Gasteiger charge is 2.44. The topological polar surface area (TPSA) is 175 Å². The van der Waals surface area contributed by atoms with Crippen molar-refractivity contribution in [2.24, 2.45) is 0 Å². The summed E-state index contributed by atoms with van der Waals surface area (Å²) in [6.07, 6.45) is 75.7. The summed E-state index contributed by atoms with van der Waals surface area (Å²) in [5.74, 6) is -0.177. The van der Waals surface area contributed by atoms with Gasteiger partial charge >= 0.3 is 5.97 Å². The summed E-state index contributed by atoms with van der Waals surface area (Å²) in [6, 6.07) is -0.807. The number of esters is 1. The van der Waals surface area contributed by atoms with E-state index < -0.39 is 49.5 Å². The Morgan fingerprint density at radius 2 is 0.770 bits per heavy atom. The Labute approximate surface area is 536 Å². The predicted octanol–water partition coefficient (Wildman–Crippen LogP) is 19.5. The Hall–Kier alpha value is -2.38. The van der Waals surface area contributed by atoms with Gasteiger partial charge in [-0.15, -0.1) is 0 Å². The monoisotopic (exact) mass is 1230 g/mol. The summed E-state index contributed by atoms with van der Waals surface area (Å²) in [4.78, 5) is 25.1. The number of hydrogen-bond acceptors (Lipinski definition) is 10. The van der Waals surface area contributed by atoms with Crippen molar-refractivity contribution in [3.8, 4) is 0 Å². The maximum absolute atomic E-state index is 13.0. The minimum atomic E-state index is -1.57. The molecule has 7 unspecified atom stereocenters. The van der Waals surface area contributed by atoms with Crippen LogP contribution in [-0.4, -0.2) is 100 Å². The molecule has 0 bridgehead atoms. The lowest BCUT2D eigenvalue weighted by molar-refractivity contribution is -0.302. The molecule has 1 aliphatic rings. The minimum Gasteiger partial charge on any atom is -0.466 e. The van der Waals surface area contributed by atoms with Gasteiger partial charge in [0, 0.05) is 12.8 Å². The van der Waals surface area contributed by atoms with Crippen LogP contribution in [0.5, 0.6) is 0 Å². The van der Waals surface area contributed by atoms with Crippen LogP contribution in [0, 0.1) is 0 Å². The molecule has 11 heteroatoms. The van der Waals surface area contributed by atoms with Crippen LogP contribution in [-0.2, 0) is 23.8 Å². The van der Waals surface area contributed by atoms with Gasteiger partial charge in [-0.05, 0) is 89.9 Å². The molecular weight excluding hydrogens is 1090 g/mol. The Balaban J connectivity index is 1.90. The fourth-order valence-corrected chi connectivity index (χ4v) is 11.8. The third kappa shape index (κ3) is 53.9. The zero-order valence-electron chi connectivity index (χ0n) is 56.7. The van der Waals surface area contributed by atoms with E-state index in [-0.39, 0.29) is 18.5 Å². The van der Waals surface area contributed by atoms with Crippen LogP contribution in [0.3, 0.4) is 0 Å². The molecule has 1 rings (SSSR count). The van der Waals surface area contributed by atoms with Gasteiger partial charge in [-0.2, -0.15) is 0 Å². The van der Waals surface area contributed by atoms with Gasteiger partial charge in [-0.3, -0.25) is 9.59 Å². The van der Waals surface area contributed by atoms with E-state index >= 15 is 0 Å². The molecule has 0 spiro atoms. The molecule has 0 aromatic carbocycles. The molecule has 0 saturated carbocycles. The first-order valence-corrected chi connectivity index (χ1v) is 37.4. The number of hydrogen-bond donors (Lipinski definition) is 6. The van der Waals surface area contributed by atoms with Gasteiger partial charge in [0.15, 0.2) is 6.29 Å². The van der Waals surface area contributed by atoms with Gasteiger partial charge < -0.3 is 45.1 Å². The number of carbonyl (C=O) groups excluding carboxylic acids is 2. The van der Waals surface area contributed by atoms with Crippen LogP contribution in [0.4, 0.5) is 0 Å². The van der Waals surface area contributed by atoms with Crippen molar-refractivity contribution in [2.45, 2.75) is 403 Å². The van der Waals surface area contributed by atoms with Gasteiger partial charge in [0.2, 0.25) is 5.91 Å². The lowest BCUT2D eigenvalue weighted by Gasteiger charge is -2.40. The van der Waals surface area contributed by atoms with Crippen LogP contribution in [0.1, 0.15) is 361 Å². The average molecular weight is 1230 g/mol. The number of aliphatic hydroxyl groups excluding tert-OH is 5. The number of carbonyl (C=O) groups is 2. The van der Waals surface area contributed by atoms with E-state index in [1.807, 2.05) is 6.08 Å². The molecule has 0 aliphatic carbocycles. The van der Waals surface area contributed by atoms with E-state index in [9.17, 15) is 35.1 Å². The minimum absolute atomic E-state index is 0.00248. The van der Waals surface area contributed by atoms with Crippen molar-refractivity contribution >= 4 is 11.9 Å². The molecule has 1 fully saturated rings. The summed E-state index contributed by atoms with van der Waals surface area (Å²) in [6.45, 7) is 4.33. The first-order chi connectivity index (χ1) is 42.7. The van der Waals surface area contributed by atoms with Crippen LogP contribution in [0.2, 0.25) is 0 Å². The number of aliphatic hydroxyl groups is 5. The molecule has 1 saturated heterocycles. The van der Waals surface area contributed by atoms with Crippen LogP contribution in [0.25, 0.3) is 0 Å². The number of amides is 1. The Bertz CT molecular complexity index is 1580. The highest BCUT2D eigenvalue weighted by molar-refractivity contribution is 5.76. The molecule has 11 nitrogen and oxygen atoms in total. The van der Waals surface area contributed by atoms with Gasteiger partial charge in [-0.25, -0.2) is 0 Å². The van der Waals surface area contributed by atoms with Crippen molar-refractivity contribution in [1.29, 1.82) is 0 Å². The van der Waals surface area contributed by atoms with Crippen molar-refractivity contribution in [2.75, 3.05) is 19.8 Å². The van der Waals surface area contributed by atoms with Crippen LogP contribution < -0.4 is 5.32 Å². The first kappa shape index (κ1) is 82.6. The third-order valence-electron chi connectivity index (χ3n) is 17.7. The van der Waals surface area contributed by atoms with Crippen molar-refractivity contribution in [1.82, 2.24) is 5.32 Å². The van der Waals surface area contributed by atoms with Gasteiger partial charge in [0.05, 0.1) is 32.0 Å². The zero-order chi connectivity index (χ0) is 63.0. The molecule has 1 amide bonds. The van der Waals surface area contributed by atoms with Crippen molar-refractivity contribution < 1.29 is 49.3 Å². The number of nitrogens with one attached hydrogen (secondary N) is 1. The van der Waals surface area contributed by atoms with Gasteiger partial charge in [0.25, 0.3) is 0 Å². The Morgan fingerprint density at radius 1 is 0.425 bits per heavy atom. The largest absolute Gasteiger partial charge is 0.466 e. The van der Waals surface area contributed by atoms with E-state index in [2.05, 4.69) is 55.6 Å². The standard InChI is InChI=1S/C76H141NO10/c1-3-5-7-9-11-13-15-44-48-52-56-60-64-72(81)85-65-61-57-53-49-45-42-40-38-36-34-32-30-28-26-24-22-20-18-16-17-19-21-23-25-27-29-31-33-35-37-39-41-43-47-51-55-59-63-71(80)77-68(67-86-76-75(84)74(83)73(82)70(66-78)87-76)69(79)62-58-54-50-46-14-12-10-8-6-4-2/h11,13,16,18,22,24,58,62,68-70,73-76,78-79,82-84H,3-10,12,14-15,17,19-21,23,25-57,59-61,63-67H2,1-2H3,(H,77,80)/b13-11-,18-16-,24-22-,62-58+. The SMILES string of the molecule is CCCCC/C=C\CCCCCCCC(=O)OCCCCCCCCCCCCCCC/C=C\C/C=C\CCCCCCCCCCCCCCCCCCCC(=O)NC(COC1OC(CO)C(O)C(O)C1O)C(O)/C=C/CCCCCCCCCC. The molecule has 0 aromatic rings. The molecule has 6 N–H and O–H groups in total. The molecule has 1 heterocycles. The summed E-state index contributed by atoms with van der Waals surface area (Å²) in [5, 5.41) is 54.4. The third-order valence-corrected chi connectivity index (χ3v) is 17.7. The Kier molecular flexibility index (Phi) is 61.9. The summed E-state index contributed by atoms with van der Waals surface area (Å²) >= 11 is 0. The number of rotatable bonds is 66. The van der Waals surface area contributed by atoms with Gasteiger partial charge in [0.1, 0.15) is 24.4 Å². The first-order valence-electron chi connectivity index (χ1n) is 37.4. The fourth-order valence-electron chi connectivity index (χ4n) is 11.8. The molecule has 0 aromatic heterocycles. The van der Waals surface area contributed by atoms with Crippen LogP contribution in [0.15, 0.2) is 48.6 Å². The van der Waals surface area contributed by atoms with Crippen molar-refractivity contribution in [3.63, 3.8) is 0 Å². The smallest absolute Gasteiger partial charge is 0.305 e. The fraction of sp³-hybridized carbons (Fsp3) is 0.868. The van der Waals surface area contributed by atoms with Crippen LogP contribution >= 0.6 is 0 Å². The second kappa shape index (κ2) is 65.1. The van der Waals surface area contributed by atoms with E-state index in [1.165, 1.54) is 270 Å². The number of unbranched alkanes of at least 4 members (excludes halogenated alkanes) is 46. The lowest BCUT2D eigenvalue weighted by Crippen LogP contribution is -2.60. The number of allylic oxidation sites excluding steroid dienone is 7. The second-order valence-electron chi connectivity index (χ2n) is 26.0. The predicted molar refractivity (Wildman–Crippen MR) is 366 cm³/mol. The second-order valence-corrected chi connectivity index (χ2v) is 26.0. The molecule has 0 radical (unpaired) electrons. The molecule has 7 atom stereocenters. The maximum Gasteiger partial charge on any atom is 0.305 e.